The Bertz CT molecular complexity index is 833. The van der Waals surface area contributed by atoms with Crippen LogP contribution in [-0.4, -0.2) is 24.8 Å². The second kappa shape index (κ2) is 4.84. The van der Waals surface area contributed by atoms with Gasteiger partial charge in [-0.2, -0.15) is 0 Å². The van der Waals surface area contributed by atoms with Gasteiger partial charge in [0.15, 0.2) is 23.1 Å². The van der Waals surface area contributed by atoms with Crippen molar-refractivity contribution < 1.29 is 19.1 Å². The normalized spacial score (nSPS) is 17.1. The van der Waals surface area contributed by atoms with E-state index in [0.29, 0.717) is 47.0 Å². The Labute approximate surface area is 127 Å². The van der Waals surface area contributed by atoms with Crippen LogP contribution >= 0.6 is 0 Å². The van der Waals surface area contributed by atoms with Gasteiger partial charge in [-0.05, 0) is 24.3 Å². The van der Waals surface area contributed by atoms with E-state index in [2.05, 4.69) is 0 Å². The highest BCUT2D eigenvalue weighted by Crippen LogP contribution is 2.39. The molecule has 2 aliphatic rings. The standard InChI is InChI=1S/C18H12O4/c19-16-11-5-1-2-6-12(11)17(20)15-13(16)7-8-14-18(15)22-10-4-3-9-21-14/h1-8H,9-10H2/b4-3-. The summed E-state index contributed by atoms with van der Waals surface area (Å²) in [5.41, 5.74) is 1.52. The fourth-order valence-corrected chi connectivity index (χ4v) is 2.80. The number of rotatable bonds is 0. The van der Waals surface area contributed by atoms with Crippen molar-refractivity contribution in [3.63, 3.8) is 0 Å². The van der Waals surface area contributed by atoms with Gasteiger partial charge in [-0.3, -0.25) is 9.59 Å². The Hall–Kier alpha value is -2.88. The minimum absolute atomic E-state index is 0.158. The highest BCUT2D eigenvalue weighted by Gasteiger charge is 2.33. The lowest BCUT2D eigenvalue weighted by molar-refractivity contribution is 0.0975. The zero-order valence-electron chi connectivity index (χ0n) is 11.7. The Morgan fingerprint density at radius 1 is 0.727 bits per heavy atom. The molecule has 0 saturated carbocycles. The summed E-state index contributed by atoms with van der Waals surface area (Å²) < 4.78 is 11.3. The van der Waals surface area contributed by atoms with Crippen LogP contribution in [0.5, 0.6) is 11.5 Å². The first-order valence-electron chi connectivity index (χ1n) is 7.03. The van der Waals surface area contributed by atoms with Gasteiger partial charge in [-0.25, -0.2) is 0 Å². The van der Waals surface area contributed by atoms with E-state index < -0.39 is 0 Å². The third-order valence-electron chi connectivity index (χ3n) is 3.84. The summed E-state index contributed by atoms with van der Waals surface area (Å²) in [6.45, 7) is 0.754. The van der Waals surface area contributed by atoms with Gasteiger partial charge < -0.3 is 9.47 Å². The summed E-state index contributed by atoms with van der Waals surface area (Å²) in [7, 11) is 0. The van der Waals surface area contributed by atoms with Crippen molar-refractivity contribution in [2.24, 2.45) is 0 Å². The first kappa shape index (κ1) is 12.8. The molecule has 22 heavy (non-hydrogen) atoms. The highest BCUT2D eigenvalue weighted by molar-refractivity contribution is 6.29. The Morgan fingerprint density at radius 3 is 2.18 bits per heavy atom. The first-order chi connectivity index (χ1) is 10.8. The molecule has 0 bridgehead atoms. The fourth-order valence-electron chi connectivity index (χ4n) is 2.80. The van der Waals surface area contributed by atoms with Crippen molar-refractivity contribution in [3.05, 3.63) is 70.8 Å². The number of benzene rings is 2. The van der Waals surface area contributed by atoms with Crippen LogP contribution in [0.2, 0.25) is 0 Å². The highest BCUT2D eigenvalue weighted by atomic mass is 16.5. The van der Waals surface area contributed by atoms with Crippen molar-refractivity contribution >= 4 is 11.6 Å². The Morgan fingerprint density at radius 2 is 1.41 bits per heavy atom. The van der Waals surface area contributed by atoms with Crippen LogP contribution in [0.1, 0.15) is 31.8 Å². The average Bonchev–Trinajstić information content (AvgIpc) is 2.52. The molecule has 0 aromatic heterocycles. The van der Waals surface area contributed by atoms with Gasteiger partial charge in [0.2, 0.25) is 0 Å². The molecule has 1 aliphatic heterocycles. The Balaban J connectivity index is 1.96. The van der Waals surface area contributed by atoms with E-state index in [9.17, 15) is 9.59 Å². The van der Waals surface area contributed by atoms with Gasteiger partial charge in [0.05, 0.1) is 5.56 Å². The number of hydrogen-bond donors (Lipinski definition) is 0. The molecule has 0 amide bonds. The predicted molar refractivity (Wildman–Crippen MR) is 79.9 cm³/mol. The third-order valence-corrected chi connectivity index (χ3v) is 3.84. The number of carbonyl (C=O) groups is 2. The molecule has 4 heteroatoms. The van der Waals surface area contributed by atoms with Crippen LogP contribution in [-0.2, 0) is 0 Å². The van der Waals surface area contributed by atoms with Gasteiger partial charge in [0, 0.05) is 16.7 Å². The minimum Gasteiger partial charge on any atom is -0.486 e. The van der Waals surface area contributed by atoms with Crippen LogP contribution in [0.15, 0.2) is 48.6 Å². The van der Waals surface area contributed by atoms with Crippen molar-refractivity contribution in [3.8, 4) is 11.5 Å². The molecule has 0 N–H and O–H groups in total. The number of fused-ring (bicyclic) bond motifs is 4. The lowest BCUT2D eigenvalue weighted by Crippen LogP contribution is -2.22. The number of hydrogen-bond acceptors (Lipinski definition) is 4. The van der Waals surface area contributed by atoms with Gasteiger partial charge >= 0.3 is 0 Å². The fraction of sp³-hybridized carbons (Fsp3) is 0.111. The molecule has 0 unspecified atom stereocenters. The minimum atomic E-state index is -0.199. The number of carbonyl (C=O) groups excluding carboxylic acids is 2. The molecule has 4 nitrogen and oxygen atoms in total. The lowest BCUT2D eigenvalue weighted by atomic mass is 9.83. The zero-order valence-corrected chi connectivity index (χ0v) is 11.7. The van der Waals surface area contributed by atoms with E-state index in [1.165, 1.54) is 0 Å². The quantitative estimate of drug-likeness (QED) is 0.598. The second-order valence-corrected chi connectivity index (χ2v) is 5.11. The van der Waals surface area contributed by atoms with Gasteiger partial charge in [-0.15, -0.1) is 0 Å². The second-order valence-electron chi connectivity index (χ2n) is 5.11. The molecule has 0 atom stereocenters. The van der Waals surface area contributed by atoms with Crippen molar-refractivity contribution in [2.45, 2.75) is 0 Å². The average molecular weight is 292 g/mol. The van der Waals surface area contributed by atoms with Crippen molar-refractivity contribution in [2.75, 3.05) is 13.2 Å². The molecule has 0 saturated heterocycles. The summed E-state index contributed by atoms with van der Waals surface area (Å²) in [5.74, 6) is 0.489. The molecular weight excluding hydrogens is 280 g/mol. The Kier molecular flexibility index (Phi) is 2.82. The largest absolute Gasteiger partial charge is 0.486 e. The van der Waals surface area contributed by atoms with Crippen molar-refractivity contribution in [1.29, 1.82) is 0 Å². The molecule has 1 aliphatic carbocycles. The van der Waals surface area contributed by atoms with E-state index >= 15 is 0 Å². The van der Waals surface area contributed by atoms with E-state index in [-0.39, 0.29) is 11.6 Å². The van der Waals surface area contributed by atoms with Crippen LogP contribution < -0.4 is 9.47 Å². The molecule has 1 heterocycles. The maximum atomic E-state index is 12.8. The molecule has 108 valence electrons. The summed E-state index contributed by atoms with van der Waals surface area (Å²) >= 11 is 0. The van der Waals surface area contributed by atoms with Gasteiger partial charge in [0.1, 0.15) is 13.2 Å². The molecule has 4 rings (SSSR count). The van der Waals surface area contributed by atoms with Gasteiger partial charge in [-0.1, -0.05) is 24.3 Å². The monoisotopic (exact) mass is 292 g/mol. The SMILES string of the molecule is O=C1c2ccccc2C(=O)c2c1ccc1c2OC/C=C\CO1. The summed E-state index contributed by atoms with van der Waals surface area (Å²) in [5, 5.41) is 0. The summed E-state index contributed by atoms with van der Waals surface area (Å²) in [6.07, 6.45) is 3.68. The van der Waals surface area contributed by atoms with Crippen LogP contribution in [0.4, 0.5) is 0 Å². The third kappa shape index (κ3) is 1.77. The van der Waals surface area contributed by atoms with Crippen molar-refractivity contribution in [1.82, 2.24) is 0 Å². The lowest BCUT2D eigenvalue weighted by Gasteiger charge is -2.22. The molecular formula is C18H12O4. The molecule has 0 fully saturated rings. The molecule has 2 aromatic carbocycles. The molecule has 0 radical (unpaired) electrons. The van der Waals surface area contributed by atoms with E-state index in [4.69, 9.17) is 9.47 Å². The molecule has 0 spiro atoms. The maximum Gasteiger partial charge on any atom is 0.198 e. The maximum absolute atomic E-state index is 12.8. The topological polar surface area (TPSA) is 52.6 Å². The number of ketones is 2. The predicted octanol–water partition coefficient (Wildman–Crippen LogP) is 2.79. The van der Waals surface area contributed by atoms with Crippen LogP contribution in [0, 0.1) is 0 Å². The summed E-state index contributed by atoms with van der Waals surface area (Å²) in [4.78, 5) is 25.4. The summed E-state index contributed by atoms with van der Waals surface area (Å²) in [6, 6.07) is 10.2. The first-order valence-corrected chi connectivity index (χ1v) is 7.03. The van der Waals surface area contributed by atoms with Crippen LogP contribution in [0.25, 0.3) is 0 Å². The van der Waals surface area contributed by atoms with Crippen LogP contribution in [0.3, 0.4) is 0 Å². The van der Waals surface area contributed by atoms with E-state index in [0.717, 1.165) is 0 Å². The number of ether oxygens (including phenoxy) is 2. The van der Waals surface area contributed by atoms with Gasteiger partial charge in [0.25, 0.3) is 0 Å². The zero-order chi connectivity index (χ0) is 15.1. The van der Waals surface area contributed by atoms with E-state index in [1.54, 1.807) is 36.4 Å². The smallest absolute Gasteiger partial charge is 0.198 e. The molecule has 2 aromatic rings. The van der Waals surface area contributed by atoms with E-state index in [1.807, 2.05) is 12.2 Å².